The molecule has 8 heteroatoms. The number of carbonyl (C=O) groups is 3. The number of amides is 1. The van der Waals surface area contributed by atoms with Crippen LogP contribution in [0.1, 0.15) is 27.6 Å². The summed E-state index contributed by atoms with van der Waals surface area (Å²) in [6.45, 7) is 0.948. The average molecular weight is 485 g/mol. The number of aromatic nitrogens is 1. The molecule has 4 aromatic rings. The van der Waals surface area contributed by atoms with Gasteiger partial charge in [-0.25, -0.2) is 9.78 Å². The Morgan fingerprint density at radius 2 is 1.64 bits per heavy atom. The van der Waals surface area contributed by atoms with Gasteiger partial charge in [0.25, 0.3) is 5.91 Å². The van der Waals surface area contributed by atoms with E-state index >= 15 is 0 Å². The minimum Gasteiger partial charge on any atom is -0.493 e. The summed E-state index contributed by atoms with van der Waals surface area (Å²) in [5.41, 5.74) is 3.03. The number of Topliss-reactive ketones (excluding diaryl/α,β-unsaturated/α-hetero) is 1. The minimum absolute atomic E-state index is 0.118. The molecule has 1 heterocycles. The van der Waals surface area contributed by atoms with Crippen LogP contribution < -0.4 is 14.8 Å². The number of pyridine rings is 1. The van der Waals surface area contributed by atoms with E-state index in [1.165, 1.54) is 6.92 Å². The molecule has 0 bridgehead atoms. The van der Waals surface area contributed by atoms with Gasteiger partial charge in [0.15, 0.2) is 23.9 Å². The monoisotopic (exact) mass is 484 g/mol. The highest BCUT2D eigenvalue weighted by Gasteiger charge is 2.18. The van der Waals surface area contributed by atoms with Gasteiger partial charge in [0, 0.05) is 22.2 Å². The van der Waals surface area contributed by atoms with Gasteiger partial charge >= 0.3 is 5.97 Å². The normalized spacial score (nSPS) is 10.5. The summed E-state index contributed by atoms with van der Waals surface area (Å²) in [5.74, 6) is -0.209. The van der Waals surface area contributed by atoms with E-state index in [1.54, 1.807) is 74.9 Å². The zero-order chi connectivity index (χ0) is 25.7. The molecular weight excluding hydrogens is 460 g/mol. The van der Waals surface area contributed by atoms with E-state index < -0.39 is 18.5 Å². The summed E-state index contributed by atoms with van der Waals surface area (Å²) in [5, 5.41) is 3.23. The van der Waals surface area contributed by atoms with Crippen LogP contribution in [0, 0.1) is 0 Å². The number of benzene rings is 3. The second kappa shape index (κ2) is 10.7. The molecule has 182 valence electrons. The highest BCUT2D eigenvalue weighted by molar-refractivity contribution is 6.05. The van der Waals surface area contributed by atoms with Crippen molar-refractivity contribution >= 4 is 34.3 Å². The molecule has 0 aliphatic heterocycles. The van der Waals surface area contributed by atoms with Crippen molar-refractivity contribution in [3.8, 4) is 22.8 Å². The molecular formula is C28H24N2O6. The lowest BCUT2D eigenvalue weighted by Gasteiger charge is -2.12. The van der Waals surface area contributed by atoms with Gasteiger partial charge in [0.1, 0.15) is 0 Å². The first kappa shape index (κ1) is 24.4. The van der Waals surface area contributed by atoms with Crippen molar-refractivity contribution in [1.29, 1.82) is 0 Å². The Labute approximate surface area is 207 Å². The molecule has 4 rings (SSSR count). The molecule has 0 fully saturated rings. The Hall–Kier alpha value is -4.72. The molecule has 0 spiro atoms. The number of rotatable bonds is 8. The summed E-state index contributed by atoms with van der Waals surface area (Å²) >= 11 is 0. The lowest BCUT2D eigenvalue weighted by Crippen LogP contribution is -2.21. The first-order valence-electron chi connectivity index (χ1n) is 11.1. The van der Waals surface area contributed by atoms with Crippen LogP contribution in [0.5, 0.6) is 11.5 Å². The third kappa shape index (κ3) is 5.33. The molecule has 1 amide bonds. The standard InChI is InChI=1S/C28H24N2O6/c1-17(31)18-7-6-8-20(13-18)29-27(32)16-36-28(33)22-15-24(30-23-10-5-4-9-21(22)23)19-11-12-25(34-2)26(14-19)35-3/h4-15H,16H2,1-3H3,(H,29,32). The number of carbonyl (C=O) groups excluding carboxylic acids is 3. The maximum atomic E-state index is 13.0. The zero-order valence-corrected chi connectivity index (χ0v) is 20.0. The Bertz CT molecular complexity index is 1460. The van der Waals surface area contributed by atoms with E-state index in [2.05, 4.69) is 10.3 Å². The zero-order valence-electron chi connectivity index (χ0n) is 20.0. The van der Waals surface area contributed by atoms with Crippen LogP contribution >= 0.6 is 0 Å². The third-order valence-corrected chi connectivity index (χ3v) is 5.50. The Morgan fingerprint density at radius 3 is 2.39 bits per heavy atom. The van der Waals surface area contributed by atoms with Crippen molar-refractivity contribution in [3.63, 3.8) is 0 Å². The maximum absolute atomic E-state index is 13.0. The van der Waals surface area contributed by atoms with Gasteiger partial charge in [-0.15, -0.1) is 0 Å². The van der Waals surface area contributed by atoms with Crippen molar-refractivity contribution in [1.82, 2.24) is 4.98 Å². The number of para-hydroxylation sites is 1. The van der Waals surface area contributed by atoms with Gasteiger partial charge in [0.05, 0.1) is 31.0 Å². The van der Waals surface area contributed by atoms with Crippen LogP contribution in [0.4, 0.5) is 5.69 Å². The van der Waals surface area contributed by atoms with Gasteiger partial charge in [-0.3, -0.25) is 9.59 Å². The topological polar surface area (TPSA) is 104 Å². The van der Waals surface area contributed by atoms with Crippen LogP contribution in [0.3, 0.4) is 0 Å². The van der Waals surface area contributed by atoms with E-state index in [0.717, 1.165) is 5.56 Å². The van der Waals surface area contributed by atoms with Crippen LogP contribution in [-0.2, 0) is 9.53 Å². The summed E-state index contributed by atoms with van der Waals surface area (Å²) in [7, 11) is 3.09. The number of hydrogen-bond donors (Lipinski definition) is 1. The molecule has 1 N–H and O–H groups in total. The molecule has 8 nitrogen and oxygen atoms in total. The highest BCUT2D eigenvalue weighted by atomic mass is 16.5. The molecule has 0 aliphatic carbocycles. The quantitative estimate of drug-likeness (QED) is 0.280. The van der Waals surface area contributed by atoms with Crippen LogP contribution in [0.25, 0.3) is 22.2 Å². The fourth-order valence-corrected chi connectivity index (χ4v) is 3.71. The lowest BCUT2D eigenvalue weighted by molar-refractivity contribution is -0.119. The number of ketones is 1. The molecule has 0 atom stereocenters. The molecule has 0 saturated carbocycles. The molecule has 0 aliphatic rings. The summed E-state index contributed by atoms with van der Waals surface area (Å²) < 4.78 is 16.0. The predicted octanol–water partition coefficient (Wildman–Crippen LogP) is 4.92. The molecule has 0 saturated heterocycles. The average Bonchev–Trinajstić information content (AvgIpc) is 2.90. The van der Waals surface area contributed by atoms with E-state index in [-0.39, 0.29) is 11.3 Å². The number of fused-ring (bicyclic) bond motifs is 1. The van der Waals surface area contributed by atoms with E-state index in [9.17, 15) is 14.4 Å². The van der Waals surface area contributed by atoms with Crippen LogP contribution in [0.2, 0.25) is 0 Å². The number of methoxy groups -OCH3 is 2. The molecule has 1 aromatic heterocycles. The fourth-order valence-electron chi connectivity index (χ4n) is 3.71. The number of nitrogens with one attached hydrogen (secondary N) is 1. The van der Waals surface area contributed by atoms with Gasteiger partial charge < -0.3 is 19.5 Å². The first-order chi connectivity index (χ1) is 17.4. The Kier molecular flexibility index (Phi) is 7.25. The Morgan fingerprint density at radius 1 is 0.861 bits per heavy atom. The molecule has 36 heavy (non-hydrogen) atoms. The van der Waals surface area contributed by atoms with Crippen molar-refractivity contribution in [3.05, 3.63) is 83.9 Å². The molecule has 3 aromatic carbocycles. The highest BCUT2D eigenvalue weighted by Crippen LogP contribution is 2.33. The van der Waals surface area contributed by atoms with E-state index in [4.69, 9.17) is 14.2 Å². The fraction of sp³-hybridized carbons (Fsp3) is 0.143. The minimum atomic E-state index is -0.664. The van der Waals surface area contributed by atoms with Crippen LogP contribution in [-0.4, -0.2) is 43.5 Å². The van der Waals surface area contributed by atoms with E-state index in [0.29, 0.717) is 39.3 Å². The lowest BCUT2D eigenvalue weighted by atomic mass is 10.0. The summed E-state index contributed by atoms with van der Waals surface area (Å²) in [6, 6.07) is 20.7. The first-order valence-corrected chi connectivity index (χ1v) is 11.1. The van der Waals surface area contributed by atoms with Crippen molar-refractivity contribution < 1.29 is 28.6 Å². The smallest absolute Gasteiger partial charge is 0.339 e. The number of nitrogens with zero attached hydrogens (tertiary/aromatic N) is 1. The SMILES string of the molecule is COc1ccc(-c2cc(C(=O)OCC(=O)Nc3cccc(C(C)=O)c3)c3ccccc3n2)cc1OC. The maximum Gasteiger partial charge on any atom is 0.339 e. The number of hydrogen-bond acceptors (Lipinski definition) is 7. The number of esters is 1. The number of anilines is 1. The Balaban J connectivity index is 1.57. The summed E-state index contributed by atoms with van der Waals surface area (Å²) in [4.78, 5) is 41.7. The van der Waals surface area contributed by atoms with Crippen molar-refractivity contribution in [2.24, 2.45) is 0 Å². The van der Waals surface area contributed by atoms with Gasteiger partial charge in [0.2, 0.25) is 0 Å². The largest absolute Gasteiger partial charge is 0.493 e. The number of ether oxygens (including phenoxy) is 3. The van der Waals surface area contributed by atoms with Gasteiger partial charge in [-0.05, 0) is 49.4 Å². The van der Waals surface area contributed by atoms with E-state index in [1.807, 2.05) is 12.1 Å². The second-order valence-electron chi connectivity index (χ2n) is 7.90. The molecule has 0 radical (unpaired) electrons. The van der Waals surface area contributed by atoms with Gasteiger partial charge in [-0.1, -0.05) is 30.3 Å². The van der Waals surface area contributed by atoms with Crippen LogP contribution in [0.15, 0.2) is 72.8 Å². The summed E-state index contributed by atoms with van der Waals surface area (Å²) in [6.07, 6.45) is 0. The predicted molar refractivity (Wildman–Crippen MR) is 136 cm³/mol. The third-order valence-electron chi connectivity index (χ3n) is 5.50. The van der Waals surface area contributed by atoms with Crippen molar-refractivity contribution in [2.75, 3.05) is 26.1 Å². The van der Waals surface area contributed by atoms with Crippen molar-refractivity contribution in [2.45, 2.75) is 6.92 Å². The molecule has 0 unspecified atom stereocenters. The van der Waals surface area contributed by atoms with Gasteiger partial charge in [-0.2, -0.15) is 0 Å². The second-order valence-corrected chi connectivity index (χ2v) is 7.90.